The Labute approximate surface area is 85.8 Å². The molecule has 1 heteroatoms. The number of hydrogen-bond acceptors (Lipinski definition) is 1. The van der Waals surface area contributed by atoms with Gasteiger partial charge < -0.3 is 5.32 Å². The first-order valence-electron chi connectivity index (χ1n) is 5.29. The van der Waals surface area contributed by atoms with Gasteiger partial charge in [-0.05, 0) is 24.3 Å². The van der Waals surface area contributed by atoms with Gasteiger partial charge in [0.2, 0.25) is 0 Å². The SMILES string of the molecule is C=CC[C@@H]1C[C@@H](c2ccccc2)CN1. The normalized spacial score (nSPS) is 26.3. The van der Waals surface area contributed by atoms with Crippen LogP contribution in [0.1, 0.15) is 24.3 Å². The van der Waals surface area contributed by atoms with Gasteiger partial charge in [-0.2, -0.15) is 0 Å². The fourth-order valence-electron chi connectivity index (χ4n) is 2.18. The van der Waals surface area contributed by atoms with Gasteiger partial charge in [0.1, 0.15) is 0 Å². The Bertz CT molecular complexity index is 291. The quantitative estimate of drug-likeness (QED) is 0.717. The molecule has 0 radical (unpaired) electrons. The van der Waals surface area contributed by atoms with Crippen molar-refractivity contribution >= 4 is 0 Å². The highest BCUT2D eigenvalue weighted by atomic mass is 14.9. The van der Waals surface area contributed by atoms with Gasteiger partial charge in [0.05, 0.1) is 0 Å². The molecule has 0 bridgehead atoms. The molecule has 1 aromatic rings. The van der Waals surface area contributed by atoms with Crippen molar-refractivity contribution in [2.45, 2.75) is 24.8 Å². The average Bonchev–Trinajstić information content (AvgIpc) is 2.68. The summed E-state index contributed by atoms with van der Waals surface area (Å²) in [4.78, 5) is 0. The Morgan fingerprint density at radius 1 is 1.36 bits per heavy atom. The summed E-state index contributed by atoms with van der Waals surface area (Å²) >= 11 is 0. The average molecular weight is 187 g/mol. The number of benzene rings is 1. The molecule has 74 valence electrons. The second-order valence-corrected chi connectivity index (χ2v) is 3.97. The van der Waals surface area contributed by atoms with Crippen molar-refractivity contribution in [2.24, 2.45) is 0 Å². The Balaban J connectivity index is 1.99. The Morgan fingerprint density at radius 3 is 2.86 bits per heavy atom. The van der Waals surface area contributed by atoms with Gasteiger partial charge in [-0.1, -0.05) is 36.4 Å². The van der Waals surface area contributed by atoms with E-state index >= 15 is 0 Å². The van der Waals surface area contributed by atoms with Crippen molar-refractivity contribution in [3.05, 3.63) is 48.6 Å². The van der Waals surface area contributed by atoms with Crippen LogP contribution in [0, 0.1) is 0 Å². The van der Waals surface area contributed by atoms with Crippen molar-refractivity contribution in [1.82, 2.24) is 5.32 Å². The van der Waals surface area contributed by atoms with Gasteiger partial charge >= 0.3 is 0 Å². The van der Waals surface area contributed by atoms with Crippen molar-refractivity contribution in [3.8, 4) is 0 Å². The molecule has 2 rings (SSSR count). The van der Waals surface area contributed by atoms with E-state index in [-0.39, 0.29) is 0 Å². The maximum absolute atomic E-state index is 3.78. The molecule has 1 aliphatic heterocycles. The molecule has 1 heterocycles. The van der Waals surface area contributed by atoms with E-state index in [0.29, 0.717) is 12.0 Å². The van der Waals surface area contributed by atoms with Gasteiger partial charge in [-0.25, -0.2) is 0 Å². The minimum Gasteiger partial charge on any atom is -0.313 e. The van der Waals surface area contributed by atoms with Crippen LogP contribution in [0.5, 0.6) is 0 Å². The van der Waals surface area contributed by atoms with Crippen LogP contribution in [-0.4, -0.2) is 12.6 Å². The van der Waals surface area contributed by atoms with Gasteiger partial charge in [-0.15, -0.1) is 6.58 Å². The Morgan fingerprint density at radius 2 is 2.14 bits per heavy atom. The molecular weight excluding hydrogens is 170 g/mol. The lowest BCUT2D eigenvalue weighted by Crippen LogP contribution is -2.19. The first kappa shape index (κ1) is 9.47. The van der Waals surface area contributed by atoms with Crippen molar-refractivity contribution < 1.29 is 0 Å². The topological polar surface area (TPSA) is 12.0 Å². The van der Waals surface area contributed by atoms with Gasteiger partial charge in [0.15, 0.2) is 0 Å². The Hall–Kier alpha value is -1.08. The summed E-state index contributed by atoms with van der Waals surface area (Å²) in [7, 11) is 0. The van der Waals surface area contributed by atoms with E-state index in [2.05, 4.69) is 42.2 Å². The largest absolute Gasteiger partial charge is 0.313 e. The zero-order valence-corrected chi connectivity index (χ0v) is 8.45. The molecule has 0 aromatic heterocycles. The summed E-state index contributed by atoms with van der Waals surface area (Å²) < 4.78 is 0. The zero-order chi connectivity index (χ0) is 9.80. The summed E-state index contributed by atoms with van der Waals surface area (Å²) in [6.07, 6.45) is 4.34. The van der Waals surface area contributed by atoms with Crippen molar-refractivity contribution in [3.63, 3.8) is 0 Å². The van der Waals surface area contributed by atoms with Gasteiger partial charge in [0.25, 0.3) is 0 Å². The van der Waals surface area contributed by atoms with E-state index in [1.807, 2.05) is 6.08 Å². The maximum atomic E-state index is 3.78. The van der Waals surface area contributed by atoms with Crippen LogP contribution >= 0.6 is 0 Å². The van der Waals surface area contributed by atoms with Crippen LogP contribution < -0.4 is 5.32 Å². The predicted molar refractivity (Wildman–Crippen MR) is 60.4 cm³/mol. The van der Waals surface area contributed by atoms with E-state index in [1.165, 1.54) is 12.0 Å². The molecule has 1 saturated heterocycles. The van der Waals surface area contributed by atoms with Crippen LogP contribution in [-0.2, 0) is 0 Å². The van der Waals surface area contributed by atoms with E-state index < -0.39 is 0 Å². The van der Waals surface area contributed by atoms with E-state index in [1.54, 1.807) is 0 Å². The first-order chi connectivity index (χ1) is 6.90. The number of rotatable bonds is 3. The van der Waals surface area contributed by atoms with Crippen LogP contribution in [0.2, 0.25) is 0 Å². The smallest absolute Gasteiger partial charge is 0.0108 e. The maximum Gasteiger partial charge on any atom is 0.0108 e. The Kier molecular flexibility index (Phi) is 3.00. The molecule has 0 unspecified atom stereocenters. The molecule has 0 aliphatic carbocycles. The summed E-state index contributed by atoms with van der Waals surface area (Å²) in [5.41, 5.74) is 1.46. The highest BCUT2D eigenvalue weighted by molar-refractivity contribution is 5.21. The number of nitrogens with one attached hydrogen (secondary N) is 1. The third-order valence-electron chi connectivity index (χ3n) is 2.94. The standard InChI is InChI=1S/C13H17N/c1-2-6-13-9-12(10-14-13)11-7-4-3-5-8-11/h2-5,7-8,12-14H,1,6,9-10H2/t12-,13-/m1/s1. The fourth-order valence-corrected chi connectivity index (χ4v) is 2.18. The van der Waals surface area contributed by atoms with Gasteiger partial charge in [-0.3, -0.25) is 0 Å². The highest BCUT2D eigenvalue weighted by Crippen LogP contribution is 2.26. The lowest BCUT2D eigenvalue weighted by Gasteiger charge is -2.08. The lowest BCUT2D eigenvalue weighted by molar-refractivity contribution is 0.610. The molecule has 1 aromatic carbocycles. The second kappa shape index (κ2) is 4.43. The highest BCUT2D eigenvalue weighted by Gasteiger charge is 2.23. The summed E-state index contributed by atoms with van der Waals surface area (Å²) in [5, 5.41) is 3.53. The third-order valence-corrected chi connectivity index (χ3v) is 2.94. The second-order valence-electron chi connectivity index (χ2n) is 3.97. The monoisotopic (exact) mass is 187 g/mol. The van der Waals surface area contributed by atoms with Gasteiger partial charge in [0, 0.05) is 12.6 Å². The summed E-state index contributed by atoms with van der Waals surface area (Å²) in [6, 6.07) is 11.4. The van der Waals surface area contributed by atoms with Crippen LogP contribution in [0.3, 0.4) is 0 Å². The third kappa shape index (κ3) is 2.05. The summed E-state index contributed by atoms with van der Waals surface area (Å²) in [5.74, 6) is 0.696. The number of hydrogen-bond donors (Lipinski definition) is 1. The molecule has 1 fully saturated rings. The van der Waals surface area contributed by atoms with E-state index in [9.17, 15) is 0 Å². The van der Waals surface area contributed by atoms with Crippen molar-refractivity contribution in [1.29, 1.82) is 0 Å². The molecule has 14 heavy (non-hydrogen) atoms. The molecular formula is C13H17N. The molecule has 1 N–H and O–H groups in total. The van der Waals surface area contributed by atoms with E-state index in [0.717, 1.165) is 13.0 Å². The van der Waals surface area contributed by atoms with Crippen molar-refractivity contribution in [2.75, 3.05) is 6.54 Å². The zero-order valence-electron chi connectivity index (χ0n) is 8.45. The molecule has 0 spiro atoms. The minimum atomic E-state index is 0.637. The minimum absolute atomic E-state index is 0.637. The fraction of sp³-hybridized carbons (Fsp3) is 0.385. The predicted octanol–water partition coefficient (Wildman–Crippen LogP) is 2.71. The lowest BCUT2D eigenvalue weighted by atomic mass is 9.96. The molecule has 2 atom stereocenters. The van der Waals surface area contributed by atoms with Crippen LogP contribution in [0.4, 0.5) is 0 Å². The molecule has 1 aliphatic rings. The first-order valence-corrected chi connectivity index (χ1v) is 5.29. The molecule has 0 saturated carbocycles. The molecule has 0 amide bonds. The molecule has 1 nitrogen and oxygen atoms in total. The summed E-state index contributed by atoms with van der Waals surface area (Å²) in [6.45, 7) is 4.90. The van der Waals surface area contributed by atoms with E-state index in [4.69, 9.17) is 0 Å². The van der Waals surface area contributed by atoms with Crippen LogP contribution in [0.25, 0.3) is 0 Å². The van der Waals surface area contributed by atoms with Crippen LogP contribution in [0.15, 0.2) is 43.0 Å².